The Labute approximate surface area is 76.3 Å². The first-order valence-electron chi connectivity index (χ1n) is 3.95. The van der Waals surface area contributed by atoms with Crippen molar-refractivity contribution in [3.63, 3.8) is 0 Å². The minimum Gasteiger partial charge on any atom is -0.386 e. The third kappa shape index (κ3) is 2.03. The van der Waals surface area contributed by atoms with Crippen LogP contribution in [0.1, 0.15) is 23.7 Å². The highest BCUT2D eigenvalue weighted by Gasteiger charge is 2.17. The number of hydrogen-bond donors (Lipinski definition) is 2. The van der Waals surface area contributed by atoms with Crippen LogP contribution in [0.2, 0.25) is 0 Å². The molecule has 12 heavy (non-hydrogen) atoms. The molecule has 1 rings (SSSR count). The fraction of sp³-hybridized carbons (Fsp3) is 0.625. The highest BCUT2D eigenvalue weighted by atomic mass is 32.1. The minimum absolute atomic E-state index is 0.0792. The van der Waals surface area contributed by atoms with E-state index < -0.39 is 6.10 Å². The van der Waals surface area contributed by atoms with E-state index in [1.165, 1.54) is 11.3 Å². The van der Waals surface area contributed by atoms with Gasteiger partial charge in [-0.1, -0.05) is 6.92 Å². The van der Waals surface area contributed by atoms with Crippen molar-refractivity contribution in [1.29, 1.82) is 0 Å². The van der Waals surface area contributed by atoms with Crippen molar-refractivity contribution in [3.05, 3.63) is 16.1 Å². The summed E-state index contributed by atoms with van der Waals surface area (Å²) in [6.45, 7) is 4.32. The van der Waals surface area contributed by atoms with Crippen molar-refractivity contribution in [2.24, 2.45) is 11.7 Å². The van der Waals surface area contributed by atoms with Crippen molar-refractivity contribution in [2.75, 3.05) is 6.54 Å². The van der Waals surface area contributed by atoms with Crippen LogP contribution < -0.4 is 5.73 Å². The summed E-state index contributed by atoms with van der Waals surface area (Å²) in [4.78, 5) is 4.19. The van der Waals surface area contributed by atoms with Crippen molar-refractivity contribution >= 4 is 11.3 Å². The van der Waals surface area contributed by atoms with Gasteiger partial charge in [0, 0.05) is 17.0 Å². The predicted octanol–water partition coefficient (Wildman–Crippen LogP) is 1.08. The lowest BCUT2D eigenvalue weighted by molar-refractivity contribution is 0.121. The fourth-order valence-corrected chi connectivity index (χ4v) is 1.79. The van der Waals surface area contributed by atoms with Gasteiger partial charge in [0.2, 0.25) is 0 Å². The molecule has 3 nitrogen and oxygen atoms in total. The number of aryl methyl sites for hydroxylation is 1. The van der Waals surface area contributed by atoms with Gasteiger partial charge in [-0.2, -0.15) is 0 Å². The van der Waals surface area contributed by atoms with Crippen LogP contribution in [0.4, 0.5) is 0 Å². The number of hydrogen-bond acceptors (Lipinski definition) is 4. The normalized spacial score (nSPS) is 16.0. The summed E-state index contributed by atoms with van der Waals surface area (Å²) in [6, 6.07) is 0. The topological polar surface area (TPSA) is 59.1 Å². The van der Waals surface area contributed by atoms with E-state index in [0.717, 1.165) is 10.7 Å². The zero-order valence-electron chi connectivity index (χ0n) is 7.32. The van der Waals surface area contributed by atoms with E-state index in [-0.39, 0.29) is 5.92 Å². The maximum atomic E-state index is 9.67. The third-order valence-electron chi connectivity index (χ3n) is 1.80. The molecule has 0 bridgehead atoms. The molecule has 0 aliphatic heterocycles. The van der Waals surface area contributed by atoms with E-state index in [9.17, 15) is 5.11 Å². The number of rotatable bonds is 3. The lowest BCUT2D eigenvalue weighted by Gasteiger charge is -2.13. The summed E-state index contributed by atoms with van der Waals surface area (Å²) in [6.07, 6.45) is -0.506. The van der Waals surface area contributed by atoms with Gasteiger partial charge in [-0.15, -0.1) is 11.3 Å². The number of nitrogens with two attached hydrogens (primary N) is 1. The van der Waals surface area contributed by atoms with E-state index in [4.69, 9.17) is 5.73 Å². The van der Waals surface area contributed by atoms with Crippen molar-refractivity contribution in [2.45, 2.75) is 20.0 Å². The van der Waals surface area contributed by atoms with Crippen LogP contribution in [0.25, 0.3) is 0 Å². The lowest BCUT2D eigenvalue weighted by Crippen LogP contribution is -2.18. The van der Waals surface area contributed by atoms with Gasteiger partial charge in [0.05, 0.1) is 0 Å². The lowest BCUT2D eigenvalue weighted by atomic mass is 10.1. The first-order valence-corrected chi connectivity index (χ1v) is 4.83. The molecule has 0 aliphatic carbocycles. The molecule has 0 radical (unpaired) electrons. The van der Waals surface area contributed by atoms with Gasteiger partial charge in [-0.25, -0.2) is 4.98 Å². The van der Waals surface area contributed by atoms with Gasteiger partial charge >= 0.3 is 0 Å². The Kier molecular flexibility index (Phi) is 3.20. The zero-order chi connectivity index (χ0) is 9.14. The van der Waals surface area contributed by atoms with Crippen LogP contribution in [-0.4, -0.2) is 16.6 Å². The van der Waals surface area contributed by atoms with E-state index in [0.29, 0.717) is 6.54 Å². The molecule has 3 N–H and O–H groups in total. The van der Waals surface area contributed by atoms with Crippen LogP contribution in [-0.2, 0) is 0 Å². The van der Waals surface area contributed by atoms with Gasteiger partial charge < -0.3 is 10.8 Å². The second-order valence-electron chi connectivity index (χ2n) is 2.98. The average molecular weight is 186 g/mol. The predicted molar refractivity (Wildman–Crippen MR) is 50.0 cm³/mol. The molecule has 0 amide bonds. The molecule has 0 aromatic carbocycles. The highest BCUT2D eigenvalue weighted by molar-refractivity contribution is 7.09. The highest BCUT2D eigenvalue weighted by Crippen LogP contribution is 2.23. The van der Waals surface area contributed by atoms with E-state index in [1.54, 1.807) is 0 Å². The number of aliphatic hydroxyl groups is 1. The van der Waals surface area contributed by atoms with Gasteiger partial charge in [-0.05, 0) is 13.5 Å². The van der Waals surface area contributed by atoms with Crippen molar-refractivity contribution < 1.29 is 5.11 Å². The van der Waals surface area contributed by atoms with Crippen LogP contribution in [0.15, 0.2) is 5.38 Å². The Balaban J connectivity index is 2.70. The van der Waals surface area contributed by atoms with E-state index in [1.807, 2.05) is 19.2 Å². The Morgan fingerprint density at radius 3 is 2.83 bits per heavy atom. The standard InChI is InChI=1S/C8H14N2OS/c1-5(3-9)7(11)8-10-6(2)4-12-8/h4-5,7,11H,3,9H2,1-2H3. The summed E-state index contributed by atoms with van der Waals surface area (Å²) in [5.74, 6) is 0.0792. The Morgan fingerprint density at radius 1 is 1.75 bits per heavy atom. The van der Waals surface area contributed by atoms with E-state index >= 15 is 0 Å². The maximum absolute atomic E-state index is 9.67. The number of aromatic nitrogens is 1. The molecule has 0 aliphatic rings. The van der Waals surface area contributed by atoms with Gasteiger partial charge in [0.15, 0.2) is 0 Å². The molecule has 68 valence electrons. The first-order chi connectivity index (χ1) is 5.65. The quantitative estimate of drug-likeness (QED) is 0.742. The molecule has 4 heteroatoms. The molecular weight excluding hydrogens is 172 g/mol. The molecule has 1 heterocycles. The molecule has 2 atom stereocenters. The molecule has 2 unspecified atom stereocenters. The van der Waals surface area contributed by atoms with Crippen LogP contribution >= 0.6 is 11.3 Å². The first kappa shape index (κ1) is 9.64. The van der Waals surface area contributed by atoms with Crippen LogP contribution in [0.5, 0.6) is 0 Å². The fourth-order valence-electron chi connectivity index (χ4n) is 0.880. The molecule has 0 fully saturated rings. The second kappa shape index (κ2) is 3.98. The largest absolute Gasteiger partial charge is 0.386 e. The smallest absolute Gasteiger partial charge is 0.122 e. The van der Waals surface area contributed by atoms with Crippen molar-refractivity contribution in [3.8, 4) is 0 Å². The monoisotopic (exact) mass is 186 g/mol. The van der Waals surface area contributed by atoms with E-state index in [2.05, 4.69) is 4.98 Å². The summed E-state index contributed by atoms with van der Waals surface area (Å²) < 4.78 is 0. The SMILES string of the molecule is Cc1csc(C(O)C(C)CN)n1. The van der Waals surface area contributed by atoms with Gasteiger partial charge in [-0.3, -0.25) is 0 Å². The maximum Gasteiger partial charge on any atom is 0.122 e. The van der Waals surface area contributed by atoms with Crippen molar-refractivity contribution in [1.82, 2.24) is 4.98 Å². The molecule has 0 saturated carbocycles. The average Bonchev–Trinajstić information content (AvgIpc) is 2.49. The van der Waals surface area contributed by atoms with Crippen LogP contribution in [0, 0.1) is 12.8 Å². The summed E-state index contributed by atoms with van der Waals surface area (Å²) in [5, 5.41) is 12.4. The zero-order valence-corrected chi connectivity index (χ0v) is 8.14. The summed E-state index contributed by atoms with van der Waals surface area (Å²) >= 11 is 1.48. The van der Waals surface area contributed by atoms with Crippen LogP contribution in [0.3, 0.4) is 0 Å². The molecule has 0 spiro atoms. The van der Waals surface area contributed by atoms with Gasteiger partial charge in [0.1, 0.15) is 11.1 Å². The Morgan fingerprint density at radius 2 is 2.42 bits per heavy atom. The molecule has 1 aromatic rings. The number of nitrogens with zero attached hydrogens (tertiary/aromatic N) is 1. The van der Waals surface area contributed by atoms with Gasteiger partial charge in [0.25, 0.3) is 0 Å². The number of aliphatic hydroxyl groups excluding tert-OH is 1. The third-order valence-corrected chi connectivity index (χ3v) is 2.83. The molecule has 0 saturated heterocycles. The summed E-state index contributed by atoms with van der Waals surface area (Å²) in [7, 11) is 0. The molecule has 1 aromatic heterocycles. The Hall–Kier alpha value is -0.450. The second-order valence-corrected chi connectivity index (χ2v) is 3.87. The minimum atomic E-state index is -0.506. The number of thiazole rings is 1. The summed E-state index contributed by atoms with van der Waals surface area (Å²) in [5.41, 5.74) is 6.39. The molecular formula is C8H14N2OS. The Bertz CT molecular complexity index is 249.